The van der Waals surface area contributed by atoms with E-state index < -0.39 is 0 Å². The lowest BCUT2D eigenvalue weighted by atomic mass is 10.0. The van der Waals surface area contributed by atoms with E-state index in [1.54, 1.807) is 17.8 Å². The van der Waals surface area contributed by atoms with Crippen LogP contribution in [0.4, 0.5) is 0 Å². The molecule has 0 spiro atoms. The molecule has 0 unspecified atom stereocenters. The number of hydrogen-bond donors (Lipinski definition) is 1. The van der Waals surface area contributed by atoms with Gasteiger partial charge in [0.2, 0.25) is 0 Å². The molecule has 1 radical (unpaired) electrons. The predicted octanol–water partition coefficient (Wildman–Crippen LogP) is 3.46. The van der Waals surface area contributed by atoms with Gasteiger partial charge in [-0.25, -0.2) is 5.11 Å². The Hall–Kier alpha value is -1.00. The molecule has 0 aliphatic rings. The van der Waals surface area contributed by atoms with Crippen molar-refractivity contribution in [1.82, 2.24) is 0 Å². The lowest BCUT2D eigenvalue weighted by Crippen LogP contribution is -1.98. The Morgan fingerprint density at radius 3 is 2.67 bits per heavy atom. The predicted molar refractivity (Wildman–Crippen MR) is 73.0 cm³/mol. The number of rotatable bonds is 7. The molecule has 0 bridgehead atoms. The third-order valence-electron chi connectivity index (χ3n) is 2.67. The van der Waals surface area contributed by atoms with E-state index in [9.17, 15) is 15.0 Å². The van der Waals surface area contributed by atoms with Gasteiger partial charge in [-0.15, -0.1) is 11.8 Å². The van der Waals surface area contributed by atoms with Crippen LogP contribution in [-0.4, -0.2) is 23.2 Å². The average molecular weight is 267 g/mol. The van der Waals surface area contributed by atoms with E-state index in [0.717, 1.165) is 29.1 Å². The SMILES string of the molecule is CCCc1c(SCCC[O])ccc(C(C)=O)c1O. The second kappa shape index (κ2) is 7.44. The van der Waals surface area contributed by atoms with Crippen molar-refractivity contribution in [3.8, 4) is 5.75 Å². The zero-order valence-corrected chi connectivity index (χ0v) is 11.7. The van der Waals surface area contributed by atoms with Crippen molar-refractivity contribution in [3.05, 3.63) is 23.3 Å². The van der Waals surface area contributed by atoms with E-state index in [-0.39, 0.29) is 18.1 Å². The largest absolute Gasteiger partial charge is 0.507 e. The Balaban J connectivity index is 3.02. The average Bonchev–Trinajstić information content (AvgIpc) is 2.33. The smallest absolute Gasteiger partial charge is 0.163 e. The zero-order chi connectivity index (χ0) is 13.5. The topological polar surface area (TPSA) is 57.2 Å². The highest BCUT2D eigenvalue weighted by Crippen LogP contribution is 2.34. The molecule has 18 heavy (non-hydrogen) atoms. The van der Waals surface area contributed by atoms with Gasteiger partial charge in [0.25, 0.3) is 0 Å². The first-order chi connectivity index (χ1) is 8.61. The molecule has 0 aromatic heterocycles. The molecule has 99 valence electrons. The number of aromatic hydroxyl groups is 1. The third-order valence-corrected chi connectivity index (χ3v) is 3.85. The molecule has 0 amide bonds. The fourth-order valence-electron chi connectivity index (χ4n) is 1.77. The summed E-state index contributed by atoms with van der Waals surface area (Å²) in [7, 11) is 0. The fraction of sp³-hybridized carbons (Fsp3) is 0.500. The number of benzene rings is 1. The Kier molecular flexibility index (Phi) is 6.22. The fourth-order valence-corrected chi connectivity index (χ4v) is 2.79. The highest BCUT2D eigenvalue weighted by molar-refractivity contribution is 7.99. The highest BCUT2D eigenvalue weighted by Gasteiger charge is 2.14. The summed E-state index contributed by atoms with van der Waals surface area (Å²) in [4.78, 5) is 12.4. The number of phenols is 1. The highest BCUT2D eigenvalue weighted by atomic mass is 32.2. The minimum Gasteiger partial charge on any atom is -0.507 e. The lowest BCUT2D eigenvalue weighted by Gasteiger charge is -2.12. The minimum atomic E-state index is -0.124. The maximum absolute atomic E-state index is 11.4. The molecular formula is C14H19O3S. The molecule has 0 aliphatic carbocycles. The van der Waals surface area contributed by atoms with Crippen molar-refractivity contribution in [2.24, 2.45) is 0 Å². The number of hydrogen-bond acceptors (Lipinski definition) is 3. The number of carbonyl (C=O) groups is 1. The summed E-state index contributed by atoms with van der Waals surface area (Å²) in [6, 6.07) is 3.53. The second-order valence-electron chi connectivity index (χ2n) is 4.15. The molecule has 0 fully saturated rings. The van der Waals surface area contributed by atoms with Crippen LogP contribution in [0.3, 0.4) is 0 Å². The number of carbonyl (C=O) groups excluding carboxylic acids is 1. The molecule has 0 saturated heterocycles. The molecule has 0 heterocycles. The number of ketones is 1. The molecule has 0 atom stereocenters. The van der Waals surface area contributed by atoms with Crippen LogP contribution in [-0.2, 0) is 11.5 Å². The van der Waals surface area contributed by atoms with Gasteiger partial charge in [0.15, 0.2) is 5.78 Å². The van der Waals surface area contributed by atoms with E-state index in [2.05, 4.69) is 0 Å². The van der Waals surface area contributed by atoms with Gasteiger partial charge in [-0.3, -0.25) is 4.79 Å². The summed E-state index contributed by atoms with van der Waals surface area (Å²) in [5.74, 6) is 0.733. The van der Waals surface area contributed by atoms with Gasteiger partial charge in [-0.05, 0) is 31.9 Å². The zero-order valence-electron chi connectivity index (χ0n) is 10.9. The lowest BCUT2D eigenvalue weighted by molar-refractivity contribution is 0.101. The van der Waals surface area contributed by atoms with Gasteiger partial charge in [0.05, 0.1) is 12.2 Å². The summed E-state index contributed by atoms with van der Waals surface area (Å²) >= 11 is 1.57. The van der Waals surface area contributed by atoms with Crippen molar-refractivity contribution in [1.29, 1.82) is 0 Å². The van der Waals surface area contributed by atoms with Gasteiger partial charge in [0, 0.05) is 16.2 Å². The van der Waals surface area contributed by atoms with Crippen LogP contribution in [0.1, 0.15) is 42.6 Å². The molecule has 4 heteroatoms. The maximum Gasteiger partial charge on any atom is 0.163 e. The second-order valence-corrected chi connectivity index (χ2v) is 5.29. The van der Waals surface area contributed by atoms with Gasteiger partial charge in [-0.1, -0.05) is 13.3 Å². The number of Topliss-reactive ketones (excluding diaryl/α,β-unsaturated/α-hetero) is 1. The summed E-state index contributed by atoms with van der Waals surface area (Å²) in [5, 5.41) is 20.6. The quantitative estimate of drug-likeness (QED) is 0.467. The third kappa shape index (κ3) is 3.75. The normalized spacial score (nSPS) is 10.6. The molecule has 0 saturated carbocycles. The Labute approximate surface area is 112 Å². The first kappa shape index (κ1) is 15.1. The van der Waals surface area contributed by atoms with Gasteiger partial charge in [0.1, 0.15) is 5.75 Å². The van der Waals surface area contributed by atoms with Crippen LogP contribution in [0.25, 0.3) is 0 Å². The molecule has 1 N–H and O–H groups in total. The van der Waals surface area contributed by atoms with E-state index in [1.807, 2.05) is 13.0 Å². The van der Waals surface area contributed by atoms with Crippen LogP contribution in [0.2, 0.25) is 0 Å². The van der Waals surface area contributed by atoms with E-state index in [4.69, 9.17) is 0 Å². The summed E-state index contributed by atoms with van der Waals surface area (Å²) in [5.41, 5.74) is 1.22. The van der Waals surface area contributed by atoms with Gasteiger partial charge in [-0.2, -0.15) is 0 Å². The van der Waals surface area contributed by atoms with Gasteiger partial charge >= 0.3 is 0 Å². The first-order valence-electron chi connectivity index (χ1n) is 6.18. The molecule has 3 nitrogen and oxygen atoms in total. The van der Waals surface area contributed by atoms with Crippen LogP contribution in [0, 0.1) is 0 Å². The number of phenolic OH excluding ortho intramolecular Hbond substituents is 1. The van der Waals surface area contributed by atoms with Crippen LogP contribution in [0.15, 0.2) is 17.0 Å². The van der Waals surface area contributed by atoms with Crippen molar-refractivity contribution in [2.45, 2.75) is 38.0 Å². The molecular weight excluding hydrogens is 248 g/mol. The standard InChI is InChI=1S/C14H19O3S/c1-3-5-12-13(18-9-4-8-15)7-6-11(10(2)16)14(12)17/h6-7,17H,3-5,8-9H2,1-2H3. The monoisotopic (exact) mass is 267 g/mol. The van der Waals surface area contributed by atoms with Crippen molar-refractivity contribution < 1.29 is 15.0 Å². The Bertz CT molecular complexity index is 416. The molecule has 1 aromatic rings. The van der Waals surface area contributed by atoms with Gasteiger partial charge < -0.3 is 5.11 Å². The molecule has 0 aliphatic heterocycles. The minimum absolute atomic E-state index is 0.0758. The van der Waals surface area contributed by atoms with Crippen LogP contribution < -0.4 is 0 Å². The van der Waals surface area contributed by atoms with Crippen LogP contribution >= 0.6 is 11.8 Å². The van der Waals surface area contributed by atoms with Crippen molar-refractivity contribution in [2.75, 3.05) is 12.4 Å². The summed E-state index contributed by atoms with van der Waals surface area (Å²) < 4.78 is 0. The Morgan fingerprint density at radius 1 is 1.39 bits per heavy atom. The van der Waals surface area contributed by atoms with E-state index in [1.165, 1.54) is 6.92 Å². The number of thioether (sulfide) groups is 1. The molecule has 1 rings (SSSR count). The van der Waals surface area contributed by atoms with Crippen LogP contribution in [0.5, 0.6) is 5.75 Å². The summed E-state index contributed by atoms with van der Waals surface area (Å²) in [6.07, 6.45) is 2.27. The first-order valence-corrected chi connectivity index (χ1v) is 7.17. The molecule has 1 aromatic carbocycles. The summed E-state index contributed by atoms with van der Waals surface area (Å²) in [6.45, 7) is 3.41. The van der Waals surface area contributed by atoms with Crippen molar-refractivity contribution in [3.63, 3.8) is 0 Å². The maximum atomic E-state index is 11.4. The van der Waals surface area contributed by atoms with E-state index >= 15 is 0 Å². The van der Waals surface area contributed by atoms with E-state index in [0.29, 0.717) is 12.0 Å². The van der Waals surface area contributed by atoms with Crippen molar-refractivity contribution >= 4 is 17.5 Å². The Morgan fingerprint density at radius 2 is 2.11 bits per heavy atom.